The zero-order chi connectivity index (χ0) is 21.2. The zero-order valence-electron chi connectivity index (χ0n) is 16.8. The summed E-state index contributed by atoms with van der Waals surface area (Å²) in [6.07, 6.45) is -0.309. The summed E-state index contributed by atoms with van der Waals surface area (Å²) in [5, 5.41) is 0. The zero-order valence-corrected chi connectivity index (χ0v) is 17.6. The molecule has 1 saturated heterocycles. The number of Topliss-reactive ketones (excluding diaryl/α,β-unsaturated/α-hetero) is 1. The third kappa shape index (κ3) is 4.87. The molecule has 0 aliphatic carbocycles. The number of nitrogens with zero attached hydrogens (tertiary/aromatic N) is 1. The van der Waals surface area contributed by atoms with Gasteiger partial charge >= 0.3 is 5.97 Å². The standard InChI is InChI=1S/C21H25NO6S/c1-14-11-19(15(2)22(14)17-9-10-29(25,26)13-17)20(23)12-27-21(24)16(3)28-18-7-5-4-6-8-18/h4-8,11,16-17H,9-10,12-13H2,1-3H3/t16-,17+/m1/s1. The second kappa shape index (κ2) is 8.41. The van der Waals surface area contributed by atoms with E-state index < -0.39 is 28.5 Å². The van der Waals surface area contributed by atoms with Gasteiger partial charge in [0.25, 0.3) is 0 Å². The van der Waals surface area contributed by atoms with Gasteiger partial charge in [-0.1, -0.05) is 18.2 Å². The van der Waals surface area contributed by atoms with Crippen molar-refractivity contribution in [3.8, 4) is 5.75 Å². The highest BCUT2D eigenvalue weighted by molar-refractivity contribution is 7.91. The first-order valence-electron chi connectivity index (χ1n) is 9.48. The van der Waals surface area contributed by atoms with Gasteiger partial charge in [0.15, 0.2) is 22.5 Å². The molecule has 0 radical (unpaired) electrons. The summed E-state index contributed by atoms with van der Waals surface area (Å²) in [6, 6.07) is 10.4. The first-order chi connectivity index (χ1) is 13.7. The molecule has 8 heteroatoms. The van der Waals surface area contributed by atoms with Crippen LogP contribution >= 0.6 is 0 Å². The quantitative estimate of drug-likeness (QED) is 0.506. The number of hydrogen-bond acceptors (Lipinski definition) is 6. The van der Waals surface area contributed by atoms with Crippen molar-refractivity contribution in [2.24, 2.45) is 0 Å². The molecule has 1 aliphatic rings. The van der Waals surface area contributed by atoms with Crippen molar-refractivity contribution in [2.75, 3.05) is 18.1 Å². The van der Waals surface area contributed by atoms with E-state index >= 15 is 0 Å². The summed E-state index contributed by atoms with van der Waals surface area (Å²) in [4.78, 5) is 24.8. The van der Waals surface area contributed by atoms with Crippen LogP contribution in [0.25, 0.3) is 0 Å². The fourth-order valence-corrected chi connectivity index (χ4v) is 5.38. The van der Waals surface area contributed by atoms with Crippen LogP contribution in [-0.4, -0.2) is 49.0 Å². The Hall–Kier alpha value is -2.61. The number of para-hydroxylation sites is 1. The lowest BCUT2D eigenvalue weighted by Gasteiger charge is -2.16. The van der Waals surface area contributed by atoms with Crippen molar-refractivity contribution in [1.82, 2.24) is 4.57 Å². The summed E-state index contributed by atoms with van der Waals surface area (Å²) in [7, 11) is -3.03. The van der Waals surface area contributed by atoms with Gasteiger partial charge < -0.3 is 14.0 Å². The Morgan fingerprint density at radius 2 is 1.90 bits per heavy atom. The van der Waals surface area contributed by atoms with Crippen LogP contribution in [0, 0.1) is 13.8 Å². The van der Waals surface area contributed by atoms with Crippen molar-refractivity contribution in [3.05, 3.63) is 53.3 Å². The Bertz CT molecular complexity index is 1010. The Morgan fingerprint density at radius 3 is 2.52 bits per heavy atom. The normalized spacial score (nSPS) is 18.9. The largest absolute Gasteiger partial charge is 0.479 e. The van der Waals surface area contributed by atoms with Crippen molar-refractivity contribution in [1.29, 1.82) is 0 Å². The minimum atomic E-state index is -3.03. The fourth-order valence-electron chi connectivity index (χ4n) is 3.68. The van der Waals surface area contributed by atoms with Crippen LogP contribution in [0.3, 0.4) is 0 Å². The number of ether oxygens (including phenoxy) is 2. The second-order valence-corrected chi connectivity index (χ2v) is 9.54. The number of carbonyl (C=O) groups excluding carboxylic acids is 2. The number of carbonyl (C=O) groups is 2. The number of esters is 1. The summed E-state index contributed by atoms with van der Waals surface area (Å²) in [5.41, 5.74) is 1.95. The highest BCUT2D eigenvalue weighted by atomic mass is 32.2. The molecule has 0 unspecified atom stereocenters. The number of rotatable bonds is 7. The lowest BCUT2D eigenvalue weighted by atomic mass is 10.1. The van der Waals surface area contributed by atoms with Gasteiger partial charge in [0.05, 0.1) is 11.5 Å². The van der Waals surface area contributed by atoms with E-state index in [0.717, 1.165) is 5.69 Å². The van der Waals surface area contributed by atoms with Gasteiger partial charge in [0.1, 0.15) is 5.75 Å². The predicted octanol–water partition coefficient (Wildman–Crippen LogP) is 2.66. The molecular formula is C21H25NO6S. The molecule has 29 heavy (non-hydrogen) atoms. The molecule has 0 amide bonds. The van der Waals surface area contributed by atoms with Crippen LogP contribution in [0.5, 0.6) is 5.75 Å². The molecule has 1 aliphatic heterocycles. The molecule has 156 valence electrons. The molecule has 2 heterocycles. The fraction of sp³-hybridized carbons (Fsp3) is 0.429. The van der Waals surface area contributed by atoms with E-state index in [2.05, 4.69) is 0 Å². The van der Waals surface area contributed by atoms with Crippen molar-refractivity contribution in [2.45, 2.75) is 39.3 Å². The Labute approximate surface area is 170 Å². The topological polar surface area (TPSA) is 91.7 Å². The van der Waals surface area contributed by atoms with Crippen molar-refractivity contribution in [3.63, 3.8) is 0 Å². The SMILES string of the molecule is Cc1cc(C(=O)COC(=O)[C@@H](C)Oc2ccccc2)c(C)n1[C@H]1CCS(=O)(=O)C1. The van der Waals surface area contributed by atoms with E-state index in [1.54, 1.807) is 44.2 Å². The van der Waals surface area contributed by atoms with Gasteiger partial charge in [-0.25, -0.2) is 13.2 Å². The number of aromatic nitrogens is 1. The first kappa shape index (κ1) is 21.1. The Balaban J connectivity index is 1.62. The average molecular weight is 419 g/mol. The van der Waals surface area contributed by atoms with Crippen LogP contribution in [0.4, 0.5) is 0 Å². The molecular weight excluding hydrogens is 394 g/mol. The highest BCUT2D eigenvalue weighted by Gasteiger charge is 2.32. The average Bonchev–Trinajstić information content (AvgIpc) is 3.18. The minimum Gasteiger partial charge on any atom is -0.479 e. The summed E-state index contributed by atoms with van der Waals surface area (Å²) in [6.45, 7) is 4.80. The molecule has 1 aromatic carbocycles. The van der Waals surface area contributed by atoms with E-state index in [9.17, 15) is 18.0 Å². The lowest BCUT2D eigenvalue weighted by Crippen LogP contribution is -2.28. The maximum atomic E-state index is 12.6. The monoisotopic (exact) mass is 419 g/mol. The summed E-state index contributed by atoms with van der Waals surface area (Å²) < 4.78 is 36.1. The molecule has 0 bridgehead atoms. The van der Waals surface area contributed by atoms with E-state index in [1.165, 1.54) is 0 Å². The van der Waals surface area contributed by atoms with Gasteiger partial charge in [-0.05, 0) is 45.4 Å². The molecule has 3 rings (SSSR count). The van der Waals surface area contributed by atoms with Crippen LogP contribution in [0.15, 0.2) is 36.4 Å². The molecule has 0 N–H and O–H groups in total. The van der Waals surface area contributed by atoms with Crippen molar-refractivity contribution < 1.29 is 27.5 Å². The minimum absolute atomic E-state index is 0.0836. The van der Waals surface area contributed by atoms with Crippen molar-refractivity contribution >= 4 is 21.6 Å². The Morgan fingerprint density at radius 1 is 1.21 bits per heavy atom. The molecule has 0 saturated carbocycles. The third-order valence-corrected chi connectivity index (χ3v) is 6.84. The maximum absolute atomic E-state index is 12.6. The van der Waals surface area contributed by atoms with E-state index in [1.807, 2.05) is 17.6 Å². The van der Waals surface area contributed by atoms with Gasteiger partial charge in [-0.2, -0.15) is 0 Å². The highest BCUT2D eigenvalue weighted by Crippen LogP contribution is 2.29. The summed E-state index contributed by atoms with van der Waals surface area (Å²) >= 11 is 0. The molecule has 0 spiro atoms. The second-order valence-electron chi connectivity index (χ2n) is 7.32. The Kier molecular flexibility index (Phi) is 6.12. The van der Waals surface area contributed by atoms with Gasteiger partial charge in [-0.15, -0.1) is 0 Å². The number of hydrogen-bond donors (Lipinski definition) is 0. The predicted molar refractivity (Wildman–Crippen MR) is 108 cm³/mol. The van der Waals surface area contributed by atoms with Crippen LogP contribution in [-0.2, 0) is 19.4 Å². The smallest absolute Gasteiger partial charge is 0.347 e. The molecule has 2 atom stereocenters. The summed E-state index contributed by atoms with van der Waals surface area (Å²) in [5.74, 6) is -0.170. The lowest BCUT2D eigenvalue weighted by molar-refractivity contribution is -0.149. The number of sulfone groups is 1. The van der Waals surface area contributed by atoms with Gasteiger partial charge in [0.2, 0.25) is 5.78 Å². The van der Waals surface area contributed by atoms with E-state index in [4.69, 9.17) is 9.47 Å². The van der Waals surface area contributed by atoms with Gasteiger partial charge in [0, 0.05) is 23.0 Å². The molecule has 1 aromatic heterocycles. The molecule has 1 fully saturated rings. The van der Waals surface area contributed by atoms with E-state index in [0.29, 0.717) is 23.4 Å². The molecule has 7 nitrogen and oxygen atoms in total. The molecule has 2 aromatic rings. The van der Waals surface area contributed by atoms with Gasteiger partial charge in [-0.3, -0.25) is 4.79 Å². The first-order valence-corrected chi connectivity index (χ1v) is 11.3. The number of benzene rings is 1. The van der Waals surface area contributed by atoms with Crippen LogP contribution in [0.2, 0.25) is 0 Å². The number of ketones is 1. The third-order valence-electron chi connectivity index (χ3n) is 5.09. The van der Waals surface area contributed by atoms with Crippen LogP contribution in [0.1, 0.15) is 41.1 Å². The van der Waals surface area contributed by atoms with Crippen LogP contribution < -0.4 is 4.74 Å². The number of aryl methyl sites for hydroxylation is 1. The maximum Gasteiger partial charge on any atom is 0.347 e. The van der Waals surface area contributed by atoms with E-state index in [-0.39, 0.29) is 23.3 Å².